The summed E-state index contributed by atoms with van der Waals surface area (Å²) in [6.45, 7) is 1.68. The van der Waals surface area contributed by atoms with Crippen molar-refractivity contribution in [3.63, 3.8) is 0 Å². The van der Waals surface area contributed by atoms with Crippen molar-refractivity contribution in [3.8, 4) is 0 Å². The van der Waals surface area contributed by atoms with Crippen LogP contribution in [-0.4, -0.2) is 14.3 Å². The number of hydrogen-bond donors (Lipinski definition) is 2. The number of hydrogen-bond acceptors (Lipinski definition) is 4. The molecule has 0 aliphatic rings. The van der Waals surface area contributed by atoms with Crippen LogP contribution in [0.2, 0.25) is 5.02 Å². The van der Waals surface area contributed by atoms with E-state index < -0.39 is 10.0 Å². The number of carbonyl (C=O) groups excluding carboxylic acids is 1. The van der Waals surface area contributed by atoms with Crippen molar-refractivity contribution < 1.29 is 13.2 Å². The van der Waals surface area contributed by atoms with E-state index in [1.54, 1.807) is 49.4 Å². The van der Waals surface area contributed by atoms with Gasteiger partial charge in [0.25, 0.3) is 10.0 Å². The number of carbonyl (C=O) groups is 1. The second kappa shape index (κ2) is 8.60. The van der Waals surface area contributed by atoms with Crippen LogP contribution in [0.5, 0.6) is 0 Å². The smallest absolute Gasteiger partial charge is 0.262 e. The zero-order chi connectivity index (χ0) is 20.1. The molecule has 0 saturated carbocycles. The first-order chi connectivity index (χ1) is 13.3. The molecule has 1 aromatic heterocycles. The number of sulfonamides is 1. The van der Waals surface area contributed by atoms with Gasteiger partial charge in [-0.1, -0.05) is 35.9 Å². The lowest BCUT2D eigenvalue weighted by molar-refractivity contribution is -0.111. The van der Waals surface area contributed by atoms with Gasteiger partial charge in [-0.05, 0) is 54.3 Å². The van der Waals surface area contributed by atoms with Gasteiger partial charge in [-0.25, -0.2) is 8.42 Å². The average molecular weight is 433 g/mol. The van der Waals surface area contributed by atoms with Crippen molar-refractivity contribution >= 4 is 56.3 Å². The van der Waals surface area contributed by atoms with Gasteiger partial charge in [-0.2, -0.15) is 0 Å². The molecular weight excluding hydrogens is 416 g/mol. The highest BCUT2D eigenvalue weighted by Gasteiger charge is 2.19. The summed E-state index contributed by atoms with van der Waals surface area (Å²) < 4.78 is 28.1. The van der Waals surface area contributed by atoms with Crippen LogP contribution < -0.4 is 10.0 Å². The third-order valence-electron chi connectivity index (χ3n) is 3.81. The lowest BCUT2D eigenvalue weighted by Crippen LogP contribution is -2.15. The minimum atomic E-state index is -3.87. The topological polar surface area (TPSA) is 75.3 Å². The number of rotatable bonds is 6. The zero-order valence-electron chi connectivity index (χ0n) is 14.8. The summed E-state index contributed by atoms with van der Waals surface area (Å²) in [7, 11) is -3.87. The standard InChI is InChI=1S/C20H17ClN2O3S2/c1-14-8-9-15(22-20(24)11-10-16-5-4-12-27-16)13-19(14)28(25,26)23-18-7-3-2-6-17(18)21/h2-13,23H,1H3,(H,22,24)/b11-10+. The van der Waals surface area contributed by atoms with E-state index in [-0.39, 0.29) is 16.5 Å². The molecule has 144 valence electrons. The maximum Gasteiger partial charge on any atom is 0.262 e. The second-order valence-electron chi connectivity index (χ2n) is 5.90. The van der Waals surface area contributed by atoms with Crippen LogP contribution in [0.1, 0.15) is 10.4 Å². The van der Waals surface area contributed by atoms with Crippen molar-refractivity contribution in [2.45, 2.75) is 11.8 Å². The molecule has 5 nitrogen and oxygen atoms in total. The van der Waals surface area contributed by atoms with Crippen molar-refractivity contribution in [1.29, 1.82) is 0 Å². The normalized spacial score (nSPS) is 11.5. The highest BCUT2D eigenvalue weighted by atomic mass is 35.5. The number of anilines is 2. The van der Waals surface area contributed by atoms with Crippen molar-refractivity contribution in [2.75, 3.05) is 10.0 Å². The van der Waals surface area contributed by atoms with Crippen LogP contribution in [0.4, 0.5) is 11.4 Å². The maximum absolute atomic E-state index is 12.8. The quantitative estimate of drug-likeness (QED) is 0.528. The van der Waals surface area contributed by atoms with E-state index in [4.69, 9.17) is 11.6 Å². The van der Waals surface area contributed by atoms with Gasteiger partial charge in [-0.3, -0.25) is 9.52 Å². The van der Waals surface area contributed by atoms with E-state index in [0.717, 1.165) is 4.88 Å². The third-order valence-corrected chi connectivity index (χ3v) is 6.48. The molecule has 0 aliphatic carbocycles. The van der Waals surface area contributed by atoms with Gasteiger partial charge in [0.05, 0.1) is 15.6 Å². The van der Waals surface area contributed by atoms with Gasteiger partial charge in [0.15, 0.2) is 0 Å². The monoisotopic (exact) mass is 432 g/mol. The number of benzene rings is 2. The Balaban J connectivity index is 1.80. The molecule has 1 amide bonds. The second-order valence-corrected chi connectivity index (χ2v) is 8.94. The Morgan fingerprint density at radius 1 is 1.11 bits per heavy atom. The summed E-state index contributed by atoms with van der Waals surface area (Å²) in [6.07, 6.45) is 3.10. The molecule has 0 fully saturated rings. The Kier molecular flexibility index (Phi) is 6.18. The van der Waals surface area contributed by atoms with Gasteiger partial charge in [-0.15, -0.1) is 11.3 Å². The van der Waals surface area contributed by atoms with Crippen LogP contribution in [-0.2, 0) is 14.8 Å². The SMILES string of the molecule is Cc1ccc(NC(=O)/C=C/c2cccs2)cc1S(=O)(=O)Nc1ccccc1Cl. The van der Waals surface area contributed by atoms with Gasteiger partial charge in [0.2, 0.25) is 5.91 Å². The highest BCUT2D eigenvalue weighted by Crippen LogP contribution is 2.26. The Labute approximate surface area is 172 Å². The molecule has 0 atom stereocenters. The lowest BCUT2D eigenvalue weighted by atomic mass is 10.2. The molecule has 3 aromatic rings. The molecule has 2 aromatic carbocycles. The number of nitrogens with one attached hydrogen (secondary N) is 2. The number of thiophene rings is 1. The number of aryl methyl sites for hydroxylation is 1. The van der Waals surface area contributed by atoms with Gasteiger partial charge < -0.3 is 5.32 Å². The fourth-order valence-corrected chi connectivity index (χ4v) is 4.65. The van der Waals surface area contributed by atoms with Crippen LogP contribution in [0.15, 0.2) is 70.9 Å². The third kappa shape index (κ3) is 5.01. The maximum atomic E-state index is 12.8. The number of para-hydroxylation sites is 1. The Hall–Kier alpha value is -2.61. The zero-order valence-corrected chi connectivity index (χ0v) is 17.2. The summed E-state index contributed by atoms with van der Waals surface area (Å²) >= 11 is 7.56. The van der Waals surface area contributed by atoms with E-state index >= 15 is 0 Å². The molecule has 0 saturated heterocycles. The van der Waals surface area contributed by atoms with E-state index in [1.165, 1.54) is 23.5 Å². The Morgan fingerprint density at radius 3 is 2.61 bits per heavy atom. The van der Waals surface area contributed by atoms with E-state index in [0.29, 0.717) is 16.3 Å². The summed E-state index contributed by atoms with van der Waals surface area (Å²) in [5, 5.41) is 4.90. The van der Waals surface area contributed by atoms with Crippen molar-refractivity contribution in [2.24, 2.45) is 0 Å². The van der Waals surface area contributed by atoms with Crippen LogP contribution in [0, 0.1) is 6.92 Å². The van der Waals surface area contributed by atoms with Crippen LogP contribution in [0.25, 0.3) is 6.08 Å². The summed E-state index contributed by atoms with van der Waals surface area (Å²) in [6, 6.07) is 15.1. The molecule has 3 rings (SSSR count). The first kappa shape index (κ1) is 20.1. The molecule has 28 heavy (non-hydrogen) atoms. The summed E-state index contributed by atoms with van der Waals surface area (Å²) in [5.41, 5.74) is 1.22. The fourth-order valence-electron chi connectivity index (χ4n) is 2.44. The molecule has 1 heterocycles. The fraction of sp³-hybridized carbons (Fsp3) is 0.0500. The molecule has 0 bridgehead atoms. The van der Waals surface area contributed by atoms with E-state index in [9.17, 15) is 13.2 Å². The number of halogens is 1. The predicted octanol–water partition coefficient (Wildman–Crippen LogP) is 5.16. The van der Waals surface area contributed by atoms with E-state index in [2.05, 4.69) is 10.0 Å². The van der Waals surface area contributed by atoms with E-state index in [1.807, 2.05) is 17.5 Å². The number of amides is 1. The van der Waals surface area contributed by atoms with Crippen LogP contribution >= 0.6 is 22.9 Å². The van der Waals surface area contributed by atoms with Gasteiger partial charge >= 0.3 is 0 Å². The molecule has 0 radical (unpaired) electrons. The van der Waals surface area contributed by atoms with Crippen molar-refractivity contribution in [1.82, 2.24) is 0 Å². The first-order valence-electron chi connectivity index (χ1n) is 8.26. The van der Waals surface area contributed by atoms with Gasteiger partial charge in [0.1, 0.15) is 0 Å². The first-order valence-corrected chi connectivity index (χ1v) is 11.0. The van der Waals surface area contributed by atoms with Crippen molar-refractivity contribution in [3.05, 3.63) is 81.5 Å². The summed E-state index contributed by atoms with van der Waals surface area (Å²) in [4.78, 5) is 13.1. The molecular formula is C20H17ClN2O3S2. The molecule has 2 N–H and O–H groups in total. The molecule has 0 unspecified atom stereocenters. The molecule has 0 spiro atoms. The Morgan fingerprint density at radius 2 is 1.89 bits per heavy atom. The largest absolute Gasteiger partial charge is 0.322 e. The lowest BCUT2D eigenvalue weighted by Gasteiger charge is -2.13. The minimum Gasteiger partial charge on any atom is -0.322 e. The average Bonchev–Trinajstić information content (AvgIpc) is 3.17. The highest BCUT2D eigenvalue weighted by molar-refractivity contribution is 7.92. The molecule has 8 heteroatoms. The Bertz CT molecular complexity index is 1120. The minimum absolute atomic E-state index is 0.0625. The van der Waals surface area contributed by atoms with Gasteiger partial charge in [0, 0.05) is 16.6 Å². The molecule has 0 aliphatic heterocycles. The summed E-state index contributed by atoms with van der Waals surface area (Å²) in [5.74, 6) is -0.348. The van der Waals surface area contributed by atoms with Crippen LogP contribution in [0.3, 0.4) is 0 Å². The predicted molar refractivity (Wildman–Crippen MR) is 115 cm³/mol.